The number of rotatable bonds is 6. The molecule has 0 aliphatic heterocycles. The van der Waals surface area contributed by atoms with Gasteiger partial charge in [-0.3, -0.25) is 20.4 Å². The van der Waals surface area contributed by atoms with E-state index in [9.17, 15) is 9.59 Å². The highest BCUT2D eigenvalue weighted by Gasteiger charge is 2.10. The summed E-state index contributed by atoms with van der Waals surface area (Å²) in [5.41, 5.74) is 8.64. The smallest absolute Gasteiger partial charge is 0.276 e. The second kappa shape index (κ2) is 9.14. The standard InChI is InChI=1S/C21H21N3O3S/c1-14-8-9-18(10-15(14)2)27-12-20(26)24-23-19(25)11-17-13-28-21(22-17)16-6-4-3-5-7-16/h3-10,13H,11-12H2,1-2H3,(H,23,25)(H,24,26). The molecule has 2 amide bonds. The maximum Gasteiger partial charge on any atom is 0.276 e. The Morgan fingerprint density at radius 2 is 1.75 bits per heavy atom. The topological polar surface area (TPSA) is 80.3 Å². The molecule has 0 radical (unpaired) electrons. The van der Waals surface area contributed by atoms with Crippen molar-refractivity contribution < 1.29 is 14.3 Å². The van der Waals surface area contributed by atoms with Gasteiger partial charge in [0.15, 0.2) is 6.61 Å². The molecule has 0 fully saturated rings. The summed E-state index contributed by atoms with van der Waals surface area (Å²) in [6.07, 6.45) is 0.0849. The van der Waals surface area contributed by atoms with Crippen LogP contribution in [-0.2, 0) is 16.0 Å². The molecule has 0 bridgehead atoms. The van der Waals surface area contributed by atoms with E-state index in [0.29, 0.717) is 11.4 Å². The van der Waals surface area contributed by atoms with Crippen LogP contribution in [-0.4, -0.2) is 23.4 Å². The molecule has 2 aromatic carbocycles. The minimum absolute atomic E-state index is 0.0849. The van der Waals surface area contributed by atoms with Crippen LogP contribution in [0.5, 0.6) is 5.75 Å². The summed E-state index contributed by atoms with van der Waals surface area (Å²) in [6, 6.07) is 15.4. The van der Waals surface area contributed by atoms with Gasteiger partial charge in [0.25, 0.3) is 5.91 Å². The molecule has 28 heavy (non-hydrogen) atoms. The molecule has 0 spiro atoms. The van der Waals surface area contributed by atoms with Crippen molar-refractivity contribution in [2.75, 3.05) is 6.61 Å². The summed E-state index contributed by atoms with van der Waals surface area (Å²) in [7, 11) is 0. The first-order valence-corrected chi connectivity index (χ1v) is 9.67. The molecule has 0 aliphatic carbocycles. The number of aromatic nitrogens is 1. The van der Waals surface area contributed by atoms with Crippen molar-refractivity contribution in [1.82, 2.24) is 15.8 Å². The molecule has 0 unspecified atom stereocenters. The van der Waals surface area contributed by atoms with Gasteiger partial charge in [0, 0.05) is 10.9 Å². The monoisotopic (exact) mass is 395 g/mol. The van der Waals surface area contributed by atoms with Crippen LogP contribution in [0.15, 0.2) is 53.9 Å². The first-order valence-electron chi connectivity index (χ1n) is 8.79. The van der Waals surface area contributed by atoms with Crippen molar-refractivity contribution in [3.05, 3.63) is 70.7 Å². The van der Waals surface area contributed by atoms with Gasteiger partial charge < -0.3 is 4.74 Å². The third kappa shape index (κ3) is 5.40. The number of carbonyl (C=O) groups excluding carboxylic acids is 2. The number of ether oxygens (including phenoxy) is 1. The van der Waals surface area contributed by atoms with Gasteiger partial charge in [-0.15, -0.1) is 11.3 Å². The van der Waals surface area contributed by atoms with Crippen LogP contribution in [0.2, 0.25) is 0 Å². The normalized spacial score (nSPS) is 10.4. The number of benzene rings is 2. The zero-order valence-electron chi connectivity index (χ0n) is 15.7. The number of thiazole rings is 1. The van der Waals surface area contributed by atoms with E-state index >= 15 is 0 Å². The summed E-state index contributed by atoms with van der Waals surface area (Å²) in [4.78, 5) is 28.3. The van der Waals surface area contributed by atoms with E-state index in [1.54, 1.807) is 6.07 Å². The van der Waals surface area contributed by atoms with Crippen molar-refractivity contribution in [3.63, 3.8) is 0 Å². The lowest BCUT2D eigenvalue weighted by Crippen LogP contribution is -2.44. The number of nitrogens with zero attached hydrogens (tertiary/aromatic N) is 1. The second-order valence-corrected chi connectivity index (χ2v) is 7.18. The van der Waals surface area contributed by atoms with Crippen molar-refractivity contribution in [2.45, 2.75) is 20.3 Å². The molecule has 6 nitrogen and oxygen atoms in total. The van der Waals surface area contributed by atoms with E-state index < -0.39 is 5.91 Å². The predicted octanol–water partition coefficient (Wildman–Crippen LogP) is 3.20. The van der Waals surface area contributed by atoms with Crippen LogP contribution in [0.3, 0.4) is 0 Å². The number of nitrogens with one attached hydrogen (secondary N) is 2. The molecule has 0 saturated carbocycles. The molecule has 3 rings (SSSR count). The van der Waals surface area contributed by atoms with E-state index in [2.05, 4.69) is 15.8 Å². The van der Waals surface area contributed by atoms with Crippen molar-refractivity contribution in [2.24, 2.45) is 0 Å². The fourth-order valence-corrected chi connectivity index (χ4v) is 3.26. The van der Waals surface area contributed by atoms with Gasteiger partial charge in [0.1, 0.15) is 10.8 Å². The van der Waals surface area contributed by atoms with E-state index in [-0.39, 0.29) is 18.9 Å². The quantitative estimate of drug-likeness (QED) is 0.628. The average Bonchev–Trinajstić information content (AvgIpc) is 3.16. The van der Waals surface area contributed by atoms with Gasteiger partial charge in [0.2, 0.25) is 5.91 Å². The Hall–Kier alpha value is -3.19. The van der Waals surface area contributed by atoms with E-state index in [1.165, 1.54) is 11.3 Å². The lowest BCUT2D eigenvalue weighted by atomic mass is 10.1. The Balaban J connectivity index is 1.43. The molecule has 7 heteroatoms. The third-order valence-electron chi connectivity index (χ3n) is 4.10. The fraction of sp³-hybridized carbons (Fsp3) is 0.190. The van der Waals surface area contributed by atoms with Crippen LogP contribution in [0, 0.1) is 13.8 Å². The fourth-order valence-electron chi connectivity index (χ4n) is 2.44. The predicted molar refractivity (Wildman–Crippen MR) is 109 cm³/mol. The van der Waals surface area contributed by atoms with Crippen molar-refractivity contribution in [1.29, 1.82) is 0 Å². The largest absolute Gasteiger partial charge is 0.484 e. The summed E-state index contributed by atoms with van der Waals surface area (Å²) >= 11 is 1.48. The van der Waals surface area contributed by atoms with Crippen LogP contribution in [0.4, 0.5) is 0 Å². The highest BCUT2D eigenvalue weighted by atomic mass is 32.1. The minimum Gasteiger partial charge on any atom is -0.484 e. The Bertz CT molecular complexity index is 970. The summed E-state index contributed by atoms with van der Waals surface area (Å²) in [5, 5.41) is 2.70. The molecular formula is C21H21N3O3S. The first kappa shape index (κ1) is 19.6. The van der Waals surface area contributed by atoms with Gasteiger partial charge >= 0.3 is 0 Å². The van der Waals surface area contributed by atoms with E-state index in [0.717, 1.165) is 21.7 Å². The second-order valence-electron chi connectivity index (χ2n) is 6.32. The molecule has 1 aromatic heterocycles. The number of amides is 2. The molecular weight excluding hydrogens is 374 g/mol. The van der Waals surface area contributed by atoms with Crippen LogP contribution >= 0.6 is 11.3 Å². The lowest BCUT2D eigenvalue weighted by Gasteiger charge is -2.09. The number of hydrazine groups is 1. The van der Waals surface area contributed by atoms with Crippen LogP contribution < -0.4 is 15.6 Å². The SMILES string of the molecule is Cc1ccc(OCC(=O)NNC(=O)Cc2csc(-c3ccccc3)n2)cc1C. The highest BCUT2D eigenvalue weighted by Crippen LogP contribution is 2.23. The van der Waals surface area contributed by atoms with Crippen LogP contribution in [0.1, 0.15) is 16.8 Å². The molecule has 2 N–H and O–H groups in total. The minimum atomic E-state index is -0.435. The highest BCUT2D eigenvalue weighted by molar-refractivity contribution is 7.13. The Labute approximate surface area is 167 Å². The molecule has 0 aliphatic rings. The number of carbonyl (C=O) groups is 2. The van der Waals surface area contributed by atoms with Gasteiger partial charge in [0.05, 0.1) is 12.1 Å². The summed E-state index contributed by atoms with van der Waals surface area (Å²) < 4.78 is 5.43. The van der Waals surface area contributed by atoms with E-state index in [1.807, 2.05) is 61.7 Å². The molecule has 0 saturated heterocycles. The van der Waals surface area contributed by atoms with Crippen LogP contribution in [0.25, 0.3) is 10.6 Å². The summed E-state index contributed by atoms with van der Waals surface area (Å²) in [5.74, 6) is -0.167. The maximum absolute atomic E-state index is 12.0. The van der Waals surface area contributed by atoms with E-state index in [4.69, 9.17) is 4.74 Å². The molecule has 1 heterocycles. The molecule has 144 valence electrons. The Kier molecular flexibility index (Phi) is 6.39. The van der Waals surface area contributed by atoms with Gasteiger partial charge in [-0.05, 0) is 37.1 Å². The zero-order chi connectivity index (χ0) is 19.9. The number of hydrogen-bond donors (Lipinski definition) is 2. The average molecular weight is 395 g/mol. The number of hydrogen-bond acceptors (Lipinski definition) is 5. The maximum atomic E-state index is 12.0. The Morgan fingerprint density at radius 3 is 2.50 bits per heavy atom. The van der Waals surface area contributed by atoms with Gasteiger partial charge in [-0.1, -0.05) is 36.4 Å². The third-order valence-corrected chi connectivity index (χ3v) is 5.04. The number of aryl methyl sites for hydroxylation is 2. The first-order chi connectivity index (χ1) is 13.5. The van der Waals surface area contributed by atoms with Crippen molar-refractivity contribution >= 4 is 23.2 Å². The lowest BCUT2D eigenvalue weighted by molar-refractivity contribution is -0.129. The summed E-state index contributed by atoms with van der Waals surface area (Å²) in [6.45, 7) is 3.80. The zero-order valence-corrected chi connectivity index (χ0v) is 16.5. The van der Waals surface area contributed by atoms with Gasteiger partial charge in [-0.25, -0.2) is 4.98 Å². The Morgan fingerprint density at radius 1 is 1.00 bits per heavy atom. The van der Waals surface area contributed by atoms with Crippen molar-refractivity contribution in [3.8, 4) is 16.3 Å². The molecule has 0 atom stereocenters. The molecule has 3 aromatic rings. The van der Waals surface area contributed by atoms with Gasteiger partial charge in [-0.2, -0.15) is 0 Å².